The lowest BCUT2D eigenvalue weighted by molar-refractivity contribution is 0.0848. The Morgan fingerprint density at radius 2 is 2.25 bits per heavy atom. The van der Waals surface area contributed by atoms with Crippen LogP contribution in [0.3, 0.4) is 0 Å². The van der Waals surface area contributed by atoms with Crippen molar-refractivity contribution in [1.82, 2.24) is 4.90 Å². The maximum Gasteiger partial charge on any atom is 0.410 e. The van der Waals surface area contributed by atoms with Gasteiger partial charge < -0.3 is 14.4 Å². The second kappa shape index (κ2) is 7.16. The van der Waals surface area contributed by atoms with Gasteiger partial charge in [0.25, 0.3) is 0 Å². The van der Waals surface area contributed by atoms with Crippen molar-refractivity contribution in [2.75, 3.05) is 13.2 Å². The number of rotatable bonds is 2. The Bertz CT molecular complexity index is 744. The van der Waals surface area contributed by atoms with Crippen molar-refractivity contribution < 1.29 is 14.3 Å². The van der Waals surface area contributed by atoms with Crippen LogP contribution in [0.5, 0.6) is 5.75 Å². The van der Waals surface area contributed by atoms with Crippen LogP contribution in [0.25, 0.3) is 10.1 Å². The predicted octanol–water partition coefficient (Wildman–Crippen LogP) is 5.38. The first-order chi connectivity index (χ1) is 11.4. The van der Waals surface area contributed by atoms with E-state index >= 15 is 0 Å². The van der Waals surface area contributed by atoms with Gasteiger partial charge in [0.15, 0.2) is 0 Å². The highest BCUT2D eigenvalue weighted by atomic mass is 35.6. The molecule has 1 aromatic heterocycles. The lowest BCUT2D eigenvalue weighted by Gasteiger charge is -2.23. The Morgan fingerprint density at radius 3 is 2.96 bits per heavy atom. The maximum atomic E-state index is 12.4. The normalized spacial score (nSPS) is 18.0. The minimum atomic E-state index is -1.62. The zero-order chi connectivity index (χ0) is 17.3. The van der Waals surface area contributed by atoms with Gasteiger partial charge in [-0.15, -0.1) is 11.3 Å². The standard InChI is InChI=1S/C16H16Cl3NO3S/c1-2-12-8-20(15(21)22-9-16(17,18)19)7-11-5-10-3-4-24-14(10)6-13(11)23-12/h3-6,12H,2,7-9H2,1H3/t12-/m1/s1. The molecule has 1 amide bonds. The number of fused-ring (bicyclic) bond motifs is 2. The number of ether oxygens (including phenoxy) is 2. The Morgan fingerprint density at radius 1 is 1.46 bits per heavy atom. The van der Waals surface area contributed by atoms with E-state index < -0.39 is 9.89 Å². The molecule has 3 rings (SSSR count). The van der Waals surface area contributed by atoms with Crippen LogP contribution in [-0.4, -0.2) is 34.0 Å². The van der Waals surface area contributed by atoms with Gasteiger partial charge in [-0.1, -0.05) is 41.7 Å². The summed E-state index contributed by atoms with van der Waals surface area (Å²) in [6, 6.07) is 6.14. The third-order valence-electron chi connectivity index (χ3n) is 3.79. The number of hydrogen-bond donors (Lipinski definition) is 0. The number of alkyl halides is 3. The van der Waals surface area contributed by atoms with Crippen LogP contribution in [0.1, 0.15) is 18.9 Å². The van der Waals surface area contributed by atoms with Crippen molar-refractivity contribution >= 4 is 62.3 Å². The summed E-state index contributed by atoms with van der Waals surface area (Å²) in [5.74, 6) is 0.813. The van der Waals surface area contributed by atoms with E-state index in [1.807, 2.05) is 24.4 Å². The molecular weight excluding hydrogens is 393 g/mol. The first kappa shape index (κ1) is 17.9. The molecule has 4 nitrogen and oxygen atoms in total. The molecule has 0 saturated carbocycles. The molecule has 0 bridgehead atoms. The number of benzene rings is 1. The number of thiophene rings is 1. The summed E-state index contributed by atoms with van der Waals surface area (Å²) in [7, 11) is 0. The molecule has 0 aliphatic carbocycles. The number of amides is 1. The fourth-order valence-electron chi connectivity index (χ4n) is 2.59. The van der Waals surface area contributed by atoms with Crippen molar-refractivity contribution in [1.29, 1.82) is 0 Å². The molecule has 130 valence electrons. The lowest BCUT2D eigenvalue weighted by Crippen LogP contribution is -2.38. The number of carbonyl (C=O) groups excluding carboxylic acids is 1. The highest BCUT2D eigenvalue weighted by Gasteiger charge is 2.29. The van der Waals surface area contributed by atoms with Crippen LogP contribution in [0, 0.1) is 0 Å². The van der Waals surface area contributed by atoms with Gasteiger partial charge in [-0.25, -0.2) is 4.79 Å². The summed E-state index contributed by atoms with van der Waals surface area (Å²) in [4.78, 5) is 13.9. The van der Waals surface area contributed by atoms with Crippen LogP contribution < -0.4 is 4.74 Å². The predicted molar refractivity (Wildman–Crippen MR) is 98.6 cm³/mol. The molecule has 0 fully saturated rings. The van der Waals surface area contributed by atoms with Crippen molar-refractivity contribution in [3.05, 3.63) is 29.1 Å². The van der Waals surface area contributed by atoms with Crippen LogP contribution in [0.4, 0.5) is 4.79 Å². The van der Waals surface area contributed by atoms with Crippen LogP contribution in [0.15, 0.2) is 23.6 Å². The first-order valence-electron chi connectivity index (χ1n) is 7.51. The van der Waals surface area contributed by atoms with Crippen molar-refractivity contribution in [2.45, 2.75) is 29.8 Å². The van der Waals surface area contributed by atoms with E-state index in [0.717, 1.165) is 27.8 Å². The van der Waals surface area contributed by atoms with Gasteiger partial charge in [0.2, 0.25) is 3.79 Å². The van der Waals surface area contributed by atoms with Gasteiger partial charge >= 0.3 is 6.09 Å². The highest BCUT2D eigenvalue weighted by molar-refractivity contribution is 7.17. The Kier molecular flexibility index (Phi) is 5.35. The van der Waals surface area contributed by atoms with Crippen molar-refractivity contribution in [3.63, 3.8) is 0 Å². The molecule has 1 atom stereocenters. The Hall–Kier alpha value is -0.880. The van der Waals surface area contributed by atoms with Gasteiger partial charge in [0.1, 0.15) is 18.5 Å². The molecule has 0 unspecified atom stereocenters. The Balaban J connectivity index is 1.84. The van der Waals surface area contributed by atoms with E-state index in [1.165, 1.54) is 0 Å². The summed E-state index contributed by atoms with van der Waals surface area (Å²) in [6.45, 7) is 2.55. The van der Waals surface area contributed by atoms with E-state index in [-0.39, 0.29) is 12.7 Å². The van der Waals surface area contributed by atoms with E-state index in [4.69, 9.17) is 44.3 Å². The third-order valence-corrected chi connectivity index (χ3v) is 4.99. The molecule has 2 heterocycles. The molecule has 1 aliphatic heterocycles. The summed E-state index contributed by atoms with van der Waals surface area (Å²) in [6.07, 6.45) is 0.154. The highest BCUT2D eigenvalue weighted by Crippen LogP contribution is 2.33. The Labute approximate surface area is 159 Å². The van der Waals surface area contributed by atoms with E-state index in [1.54, 1.807) is 16.2 Å². The molecule has 0 N–H and O–H groups in total. The van der Waals surface area contributed by atoms with Gasteiger partial charge in [-0.3, -0.25) is 0 Å². The van der Waals surface area contributed by atoms with Crippen molar-refractivity contribution in [3.8, 4) is 5.75 Å². The minimum absolute atomic E-state index is 0.107. The second-order valence-electron chi connectivity index (χ2n) is 5.62. The fraction of sp³-hybridized carbons (Fsp3) is 0.438. The number of carbonyl (C=O) groups is 1. The van der Waals surface area contributed by atoms with Gasteiger partial charge in [-0.2, -0.15) is 0 Å². The van der Waals surface area contributed by atoms with Crippen LogP contribution >= 0.6 is 46.1 Å². The largest absolute Gasteiger partial charge is 0.488 e. The summed E-state index contributed by atoms with van der Waals surface area (Å²) in [5, 5.41) is 3.17. The van der Waals surface area contributed by atoms with Crippen molar-refractivity contribution in [2.24, 2.45) is 0 Å². The summed E-state index contributed by atoms with van der Waals surface area (Å²) in [5.41, 5.74) is 0.947. The van der Waals surface area contributed by atoms with Gasteiger partial charge in [0.05, 0.1) is 13.1 Å². The smallest absolute Gasteiger partial charge is 0.410 e. The zero-order valence-electron chi connectivity index (χ0n) is 12.9. The monoisotopic (exact) mass is 407 g/mol. The molecule has 0 spiro atoms. The van der Waals surface area contributed by atoms with E-state index in [0.29, 0.717) is 13.1 Å². The number of nitrogens with zero attached hydrogens (tertiary/aromatic N) is 1. The lowest BCUT2D eigenvalue weighted by atomic mass is 10.1. The molecule has 2 aromatic rings. The summed E-state index contributed by atoms with van der Waals surface area (Å²) >= 11 is 18.6. The zero-order valence-corrected chi connectivity index (χ0v) is 16.0. The second-order valence-corrected chi connectivity index (χ2v) is 9.08. The average Bonchev–Trinajstić information content (AvgIpc) is 2.88. The molecule has 1 aromatic carbocycles. The van der Waals surface area contributed by atoms with Crippen LogP contribution in [-0.2, 0) is 11.3 Å². The van der Waals surface area contributed by atoms with Gasteiger partial charge in [0, 0.05) is 10.3 Å². The van der Waals surface area contributed by atoms with Crippen LogP contribution in [0.2, 0.25) is 0 Å². The molecular formula is C16H16Cl3NO3S. The van der Waals surface area contributed by atoms with E-state index in [9.17, 15) is 4.79 Å². The number of hydrogen-bond acceptors (Lipinski definition) is 4. The minimum Gasteiger partial charge on any atom is -0.488 e. The van der Waals surface area contributed by atoms with Gasteiger partial charge in [-0.05, 0) is 35.4 Å². The fourth-order valence-corrected chi connectivity index (χ4v) is 3.55. The SMILES string of the molecule is CC[C@@H]1CN(C(=O)OCC(Cl)(Cl)Cl)Cc2cc3ccsc3cc2O1. The van der Waals surface area contributed by atoms with E-state index in [2.05, 4.69) is 6.07 Å². The quantitative estimate of drug-likeness (QED) is 0.626. The number of halogens is 3. The molecule has 24 heavy (non-hydrogen) atoms. The maximum absolute atomic E-state index is 12.4. The first-order valence-corrected chi connectivity index (χ1v) is 9.52. The molecule has 1 aliphatic rings. The molecule has 0 saturated heterocycles. The molecule has 0 radical (unpaired) electrons. The molecule has 8 heteroatoms. The average molecular weight is 409 g/mol. The summed E-state index contributed by atoms with van der Waals surface area (Å²) < 4.78 is 10.7. The topological polar surface area (TPSA) is 38.8 Å². The third kappa shape index (κ3) is 4.20.